The highest BCUT2D eigenvalue weighted by Gasteiger charge is 2.38. The monoisotopic (exact) mass is 263 g/mol. The maximum atomic E-state index is 12.1. The Bertz CT molecular complexity index is 467. The summed E-state index contributed by atoms with van der Waals surface area (Å²) in [5.41, 5.74) is 0.397. The minimum atomic E-state index is -0.113. The molecule has 0 radical (unpaired) electrons. The van der Waals surface area contributed by atoms with Crippen LogP contribution in [0.3, 0.4) is 0 Å². The molecule has 1 N–H and O–H groups in total. The predicted octanol–water partition coefficient (Wildman–Crippen LogP) is 1.45. The Morgan fingerprint density at radius 1 is 1.53 bits per heavy atom. The summed E-state index contributed by atoms with van der Waals surface area (Å²) < 4.78 is 5.07. The Morgan fingerprint density at radius 2 is 2.32 bits per heavy atom. The van der Waals surface area contributed by atoms with Crippen LogP contribution < -0.4 is 5.32 Å². The third kappa shape index (κ3) is 2.66. The molecule has 104 valence electrons. The van der Waals surface area contributed by atoms with Gasteiger partial charge in [0.15, 0.2) is 5.69 Å². The summed E-state index contributed by atoms with van der Waals surface area (Å²) in [6.07, 6.45) is 3.39. The number of carbonyl (C=O) groups is 1. The third-order valence-electron chi connectivity index (χ3n) is 4.16. The average molecular weight is 263 g/mol. The first kappa shape index (κ1) is 12.7. The topological polar surface area (TPSA) is 58.4 Å². The van der Waals surface area contributed by atoms with E-state index in [1.807, 2.05) is 6.92 Å². The van der Waals surface area contributed by atoms with Crippen LogP contribution in [0.1, 0.15) is 42.9 Å². The SMILES string of the molecule is CCc1cc(C(=O)N[C@@H]2CN(C3CC3)C[C@H]2C)no1. The van der Waals surface area contributed by atoms with Crippen LogP contribution in [0, 0.1) is 5.92 Å². The molecule has 1 aliphatic heterocycles. The summed E-state index contributed by atoms with van der Waals surface area (Å²) in [4.78, 5) is 14.6. The highest BCUT2D eigenvalue weighted by molar-refractivity contribution is 5.92. The Morgan fingerprint density at radius 3 is 2.95 bits per heavy atom. The number of hydrogen-bond acceptors (Lipinski definition) is 4. The van der Waals surface area contributed by atoms with Crippen LogP contribution in [-0.2, 0) is 6.42 Å². The molecule has 0 aromatic carbocycles. The first-order valence-electron chi connectivity index (χ1n) is 7.18. The number of nitrogens with one attached hydrogen (secondary N) is 1. The van der Waals surface area contributed by atoms with Gasteiger partial charge in [0.1, 0.15) is 5.76 Å². The predicted molar refractivity (Wildman–Crippen MR) is 70.9 cm³/mol. The minimum Gasteiger partial charge on any atom is -0.361 e. The number of hydrogen-bond donors (Lipinski definition) is 1. The van der Waals surface area contributed by atoms with E-state index < -0.39 is 0 Å². The van der Waals surface area contributed by atoms with E-state index in [-0.39, 0.29) is 11.9 Å². The van der Waals surface area contributed by atoms with Crippen molar-refractivity contribution in [2.24, 2.45) is 5.92 Å². The lowest BCUT2D eigenvalue weighted by molar-refractivity contribution is 0.0922. The fraction of sp³-hybridized carbons (Fsp3) is 0.714. The van der Waals surface area contributed by atoms with Crippen molar-refractivity contribution < 1.29 is 9.32 Å². The van der Waals surface area contributed by atoms with Crippen LogP contribution in [0.2, 0.25) is 0 Å². The van der Waals surface area contributed by atoms with Crippen molar-refractivity contribution in [2.75, 3.05) is 13.1 Å². The van der Waals surface area contributed by atoms with E-state index in [0.29, 0.717) is 11.6 Å². The normalized spacial score (nSPS) is 27.7. The van der Waals surface area contributed by atoms with Crippen molar-refractivity contribution in [1.82, 2.24) is 15.4 Å². The summed E-state index contributed by atoms with van der Waals surface area (Å²) in [6, 6.07) is 2.73. The molecule has 2 atom stereocenters. The maximum Gasteiger partial charge on any atom is 0.273 e. The van der Waals surface area contributed by atoms with Gasteiger partial charge >= 0.3 is 0 Å². The van der Waals surface area contributed by atoms with Gasteiger partial charge in [-0.25, -0.2) is 0 Å². The molecule has 1 aromatic heterocycles. The van der Waals surface area contributed by atoms with Crippen molar-refractivity contribution in [2.45, 2.75) is 45.2 Å². The summed E-state index contributed by atoms with van der Waals surface area (Å²) >= 11 is 0. The number of rotatable bonds is 4. The molecule has 0 unspecified atom stereocenters. The number of likely N-dealkylation sites (tertiary alicyclic amines) is 1. The van der Waals surface area contributed by atoms with E-state index in [1.54, 1.807) is 6.07 Å². The van der Waals surface area contributed by atoms with E-state index in [2.05, 4.69) is 22.3 Å². The highest BCUT2D eigenvalue weighted by atomic mass is 16.5. The molecule has 5 heteroatoms. The van der Waals surface area contributed by atoms with Crippen molar-refractivity contribution >= 4 is 5.91 Å². The van der Waals surface area contributed by atoms with E-state index in [1.165, 1.54) is 12.8 Å². The minimum absolute atomic E-state index is 0.113. The second kappa shape index (κ2) is 4.96. The molecule has 2 heterocycles. The van der Waals surface area contributed by atoms with E-state index in [4.69, 9.17) is 4.52 Å². The lowest BCUT2D eigenvalue weighted by Crippen LogP contribution is -2.40. The smallest absolute Gasteiger partial charge is 0.273 e. The van der Waals surface area contributed by atoms with Crippen molar-refractivity contribution in [3.8, 4) is 0 Å². The van der Waals surface area contributed by atoms with Gasteiger partial charge in [0.05, 0.1) is 0 Å². The Balaban J connectivity index is 1.59. The lowest BCUT2D eigenvalue weighted by atomic mass is 10.1. The molecule has 1 amide bonds. The first-order chi connectivity index (χ1) is 9.17. The zero-order chi connectivity index (χ0) is 13.4. The highest BCUT2D eigenvalue weighted by Crippen LogP contribution is 2.31. The van der Waals surface area contributed by atoms with Crippen LogP contribution in [0.5, 0.6) is 0 Å². The standard InChI is InChI=1S/C14H21N3O2/c1-3-11-6-12(16-19-11)14(18)15-13-8-17(7-9(13)2)10-4-5-10/h6,9-10,13H,3-5,7-8H2,1-2H3,(H,15,18)/t9-,13-/m1/s1. The van der Waals surface area contributed by atoms with Crippen LogP contribution >= 0.6 is 0 Å². The lowest BCUT2D eigenvalue weighted by Gasteiger charge is -2.16. The second-order valence-electron chi connectivity index (χ2n) is 5.77. The third-order valence-corrected chi connectivity index (χ3v) is 4.16. The van der Waals surface area contributed by atoms with Gasteiger partial charge in [-0.2, -0.15) is 0 Å². The van der Waals surface area contributed by atoms with E-state index in [9.17, 15) is 4.79 Å². The number of amides is 1. The molecule has 1 aromatic rings. The first-order valence-corrected chi connectivity index (χ1v) is 7.18. The molecule has 0 bridgehead atoms. The molecule has 0 spiro atoms. The fourth-order valence-corrected chi connectivity index (χ4v) is 2.76. The van der Waals surface area contributed by atoms with Gasteiger partial charge in [0.25, 0.3) is 5.91 Å². The number of aryl methyl sites for hydroxylation is 1. The van der Waals surface area contributed by atoms with Gasteiger partial charge in [-0.3, -0.25) is 9.69 Å². The largest absolute Gasteiger partial charge is 0.361 e. The molecule has 1 saturated heterocycles. The molecular weight excluding hydrogens is 242 g/mol. The van der Waals surface area contributed by atoms with Gasteiger partial charge < -0.3 is 9.84 Å². The van der Waals surface area contributed by atoms with Crippen molar-refractivity contribution in [3.63, 3.8) is 0 Å². The molecule has 1 saturated carbocycles. The summed E-state index contributed by atoms with van der Waals surface area (Å²) in [7, 11) is 0. The second-order valence-corrected chi connectivity index (χ2v) is 5.77. The van der Waals surface area contributed by atoms with Crippen molar-refractivity contribution in [3.05, 3.63) is 17.5 Å². The Labute approximate surface area is 113 Å². The van der Waals surface area contributed by atoms with Gasteiger partial charge in [-0.05, 0) is 18.8 Å². The quantitative estimate of drug-likeness (QED) is 0.893. The zero-order valence-corrected chi connectivity index (χ0v) is 11.6. The average Bonchev–Trinajstić information content (AvgIpc) is 3.02. The van der Waals surface area contributed by atoms with Gasteiger partial charge in [0, 0.05) is 37.7 Å². The van der Waals surface area contributed by atoms with Gasteiger partial charge in [-0.1, -0.05) is 19.0 Å². The van der Waals surface area contributed by atoms with E-state index in [0.717, 1.165) is 31.3 Å². The van der Waals surface area contributed by atoms with E-state index >= 15 is 0 Å². The van der Waals surface area contributed by atoms with Crippen LogP contribution in [0.15, 0.2) is 10.6 Å². The number of aromatic nitrogens is 1. The van der Waals surface area contributed by atoms with Crippen molar-refractivity contribution in [1.29, 1.82) is 0 Å². The zero-order valence-electron chi connectivity index (χ0n) is 11.6. The van der Waals surface area contributed by atoms with Crippen LogP contribution in [0.25, 0.3) is 0 Å². The summed E-state index contributed by atoms with van der Waals surface area (Å²) in [5.74, 6) is 1.14. The van der Waals surface area contributed by atoms with Gasteiger partial charge in [-0.15, -0.1) is 0 Å². The molecule has 5 nitrogen and oxygen atoms in total. The Hall–Kier alpha value is -1.36. The molecule has 2 fully saturated rings. The summed E-state index contributed by atoms with van der Waals surface area (Å²) in [5, 5.41) is 6.91. The van der Waals surface area contributed by atoms with Crippen LogP contribution in [0.4, 0.5) is 0 Å². The Kier molecular flexibility index (Phi) is 3.31. The molecule has 1 aliphatic carbocycles. The molecule has 19 heavy (non-hydrogen) atoms. The molecule has 3 rings (SSSR count). The maximum absolute atomic E-state index is 12.1. The molecular formula is C14H21N3O2. The van der Waals surface area contributed by atoms with Crippen LogP contribution in [-0.4, -0.2) is 41.1 Å². The summed E-state index contributed by atoms with van der Waals surface area (Å²) in [6.45, 7) is 6.24. The molecule has 2 aliphatic rings. The van der Waals surface area contributed by atoms with Gasteiger partial charge in [0.2, 0.25) is 0 Å². The fourth-order valence-electron chi connectivity index (χ4n) is 2.76. The number of nitrogens with zero attached hydrogens (tertiary/aromatic N) is 2. The number of carbonyl (C=O) groups excluding carboxylic acids is 1.